The van der Waals surface area contributed by atoms with E-state index in [1.54, 1.807) is 18.2 Å². The van der Waals surface area contributed by atoms with E-state index in [4.69, 9.17) is 27.9 Å². The number of halogens is 1. The Balaban J connectivity index is 2.32. The fraction of sp³-hybridized carbons (Fsp3) is 0. The molecule has 1 aromatic carbocycles. The minimum atomic E-state index is -0.850. The highest BCUT2D eigenvalue weighted by molar-refractivity contribution is 6.32. The Labute approximate surface area is 134 Å². The van der Waals surface area contributed by atoms with Gasteiger partial charge in [-0.1, -0.05) is 17.7 Å². The van der Waals surface area contributed by atoms with Crippen LogP contribution in [0.5, 0.6) is 0 Å². The van der Waals surface area contributed by atoms with Crippen LogP contribution in [0.1, 0.15) is 22.6 Å². The molecule has 3 N–H and O–H groups in total. The predicted octanol–water partition coefficient (Wildman–Crippen LogP) is 1.27. The molecule has 0 radical (unpaired) electrons. The first-order chi connectivity index (χ1) is 11.0. The van der Waals surface area contributed by atoms with Crippen molar-refractivity contribution in [3.8, 4) is 23.4 Å². The van der Waals surface area contributed by atoms with Gasteiger partial charge in [0.15, 0.2) is 11.4 Å². The number of benzene rings is 1. The molecule has 0 unspecified atom stereocenters. The van der Waals surface area contributed by atoms with E-state index in [2.05, 4.69) is 20.5 Å². The van der Waals surface area contributed by atoms with Gasteiger partial charge >= 0.3 is 6.03 Å². The van der Waals surface area contributed by atoms with Crippen molar-refractivity contribution in [2.75, 3.05) is 0 Å². The van der Waals surface area contributed by atoms with E-state index in [9.17, 15) is 4.79 Å². The maximum Gasteiger partial charge on any atom is 0.332 e. The number of nitrogens with one attached hydrogen (secondary N) is 1. The molecule has 1 aliphatic carbocycles. The minimum Gasteiger partial charge on any atom is -0.350 e. The van der Waals surface area contributed by atoms with Gasteiger partial charge in [-0.2, -0.15) is 15.6 Å². The molecule has 0 aliphatic heterocycles. The molecule has 2 aromatic rings. The number of rotatable bonds is 1. The average Bonchev–Trinajstić information content (AvgIpc) is 2.83. The Hall–Kier alpha value is -3.49. The standard InChI is InChI=1S/C14H6ClN7O/c15-6-1-2-7-8(3-6)12(21-22-14(18)23)13-11(7)19-9(4-16)10(5-17)20-13/h1-3H,(H3,18,22,23)/b21-12+. The molecule has 0 bridgehead atoms. The predicted molar refractivity (Wildman–Crippen MR) is 80.3 cm³/mol. The van der Waals surface area contributed by atoms with Crippen molar-refractivity contribution in [1.82, 2.24) is 15.4 Å². The lowest BCUT2D eigenvalue weighted by atomic mass is 10.1. The fourth-order valence-electron chi connectivity index (χ4n) is 2.21. The second kappa shape index (κ2) is 5.37. The van der Waals surface area contributed by atoms with Gasteiger partial charge in [-0.3, -0.25) is 0 Å². The lowest BCUT2D eigenvalue weighted by Gasteiger charge is -2.01. The van der Waals surface area contributed by atoms with E-state index >= 15 is 0 Å². The average molecular weight is 324 g/mol. The first kappa shape index (κ1) is 14.4. The third-order valence-corrected chi connectivity index (χ3v) is 3.34. The van der Waals surface area contributed by atoms with Crippen LogP contribution in [0.3, 0.4) is 0 Å². The SMILES string of the molecule is N#Cc1nc2c(nc1C#N)-c1ccc(Cl)cc1/C2=N\NC(N)=O. The van der Waals surface area contributed by atoms with Crippen LogP contribution in [0.15, 0.2) is 23.3 Å². The number of nitriles is 2. The highest BCUT2D eigenvalue weighted by Gasteiger charge is 2.30. The molecule has 3 rings (SSSR count). The molecule has 0 spiro atoms. The van der Waals surface area contributed by atoms with Crippen LogP contribution >= 0.6 is 11.6 Å². The van der Waals surface area contributed by atoms with Crippen LogP contribution in [-0.4, -0.2) is 21.7 Å². The van der Waals surface area contributed by atoms with Crippen molar-refractivity contribution in [3.63, 3.8) is 0 Å². The van der Waals surface area contributed by atoms with E-state index in [0.29, 0.717) is 21.8 Å². The van der Waals surface area contributed by atoms with Crippen LogP contribution in [-0.2, 0) is 0 Å². The highest BCUT2D eigenvalue weighted by atomic mass is 35.5. The Bertz CT molecular complexity index is 968. The van der Waals surface area contributed by atoms with Crippen LogP contribution in [0.4, 0.5) is 4.79 Å². The maximum atomic E-state index is 10.9. The molecule has 8 nitrogen and oxygen atoms in total. The molecular formula is C14H6ClN7O. The summed E-state index contributed by atoms with van der Waals surface area (Å²) in [6.07, 6.45) is 0. The molecule has 0 atom stereocenters. The fourth-order valence-corrected chi connectivity index (χ4v) is 2.39. The molecule has 0 saturated carbocycles. The molecule has 1 aromatic heterocycles. The molecule has 0 fully saturated rings. The van der Waals surface area contributed by atoms with E-state index in [1.807, 2.05) is 12.1 Å². The van der Waals surface area contributed by atoms with Crippen molar-refractivity contribution >= 4 is 23.3 Å². The monoisotopic (exact) mass is 323 g/mol. The van der Waals surface area contributed by atoms with Crippen LogP contribution in [0, 0.1) is 22.7 Å². The maximum absolute atomic E-state index is 10.9. The summed E-state index contributed by atoms with van der Waals surface area (Å²) in [5.41, 5.74) is 9.07. The number of primary amides is 1. The zero-order chi connectivity index (χ0) is 16.6. The number of carbonyl (C=O) groups is 1. The second-order valence-corrected chi connectivity index (χ2v) is 4.90. The number of hydrazone groups is 1. The van der Waals surface area contributed by atoms with Crippen molar-refractivity contribution in [2.45, 2.75) is 0 Å². The van der Waals surface area contributed by atoms with Crippen molar-refractivity contribution in [1.29, 1.82) is 10.5 Å². The van der Waals surface area contributed by atoms with Gasteiger partial charge in [-0.15, -0.1) is 0 Å². The third kappa shape index (κ3) is 2.33. The summed E-state index contributed by atoms with van der Waals surface area (Å²) in [5.74, 6) is 0. The molecule has 0 saturated heterocycles. The van der Waals surface area contributed by atoms with E-state index in [1.165, 1.54) is 0 Å². The minimum absolute atomic E-state index is 0.0868. The summed E-state index contributed by atoms with van der Waals surface area (Å²) in [6, 6.07) is 7.77. The van der Waals surface area contributed by atoms with Crippen LogP contribution in [0.2, 0.25) is 5.02 Å². The molecule has 23 heavy (non-hydrogen) atoms. The van der Waals surface area contributed by atoms with Gasteiger partial charge in [0.25, 0.3) is 0 Å². The lowest BCUT2D eigenvalue weighted by molar-refractivity contribution is 0.249. The van der Waals surface area contributed by atoms with Gasteiger partial charge < -0.3 is 5.73 Å². The summed E-state index contributed by atoms with van der Waals surface area (Å²) in [4.78, 5) is 19.2. The normalized spacial score (nSPS) is 12.9. The zero-order valence-corrected chi connectivity index (χ0v) is 12.1. The van der Waals surface area contributed by atoms with E-state index in [-0.39, 0.29) is 22.8 Å². The molecule has 2 amide bonds. The number of fused-ring (bicyclic) bond motifs is 3. The molecule has 1 heterocycles. The smallest absolute Gasteiger partial charge is 0.332 e. The second-order valence-electron chi connectivity index (χ2n) is 4.47. The Morgan fingerprint density at radius 3 is 2.43 bits per heavy atom. The summed E-state index contributed by atoms with van der Waals surface area (Å²) in [6.45, 7) is 0. The first-order valence-electron chi connectivity index (χ1n) is 6.21. The van der Waals surface area contributed by atoms with Crippen LogP contribution in [0.25, 0.3) is 11.3 Å². The lowest BCUT2D eigenvalue weighted by Crippen LogP contribution is -2.26. The summed E-state index contributed by atoms with van der Waals surface area (Å²) < 4.78 is 0. The van der Waals surface area contributed by atoms with Gasteiger partial charge in [-0.25, -0.2) is 20.2 Å². The van der Waals surface area contributed by atoms with Gasteiger partial charge in [0, 0.05) is 16.1 Å². The number of aromatic nitrogens is 2. The zero-order valence-electron chi connectivity index (χ0n) is 11.3. The molecule has 110 valence electrons. The topological polar surface area (TPSA) is 141 Å². The molecule has 9 heteroatoms. The van der Waals surface area contributed by atoms with Crippen LogP contribution < -0.4 is 11.2 Å². The number of hydrogen-bond donors (Lipinski definition) is 2. The molecule has 1 aliphatic rings. The number of hydrogen-bond acceptors (Lipinski definition) is 6. The number of nitrogens with two attached hydrogens (primary N) is 1. The van der Waals surface area contributed by atoms with Gasteiger partial charge in [0.05, 0.1) is 0 Å². The van der Waals surface area contributed by atoms with E-state index < -0.39 is 6.03 Å². The number of carbonyl (C=O) groups excluding carboxylic acids is 1. The highest BCUT2D eigenvalue weighted by Crippen LogP contribution is 2.36. The number of nitrogens with zero attached hydrogens (tertiary/aromatic N) is 5. The number of urea groups is 1. The van der Waals surface area contributed by atoms with Gasteiger partial charge in [0.1, 0.15) is 29.2 Å². The first-order valence-corrected chi connectivity index (χ1v) is 6.59. The van der Waals surface area contributed by atoms with Crippen molar-refractivity contribution < 1.29 is 4.79 Å². The van der Waals surface area contributed by atoms with Crippen molar-refractivity contribution in [2.24, 2.45) is 10.8 Å². The van der Waals surface area contributed by atoms with Gasteiger partial charge in [-0.05, 0) is 12.1 Å². The van der Waals surface area contributed by atoms with E-state index in [0.717, 1.165) is 0 Å². The summed E-state index contributed by atoms with van der Waals surface area (Å²) in [7, 11) is 0. The number of amides is 2. The van der Waals surface area contributed by atoms with Crippen molar-refractivity contribution in [3.05, 3.63) is 45.9 Å². The Kier molecular flexibility index (Phi) is 3.37. The Morgan fingerprint density at radius 1 is 1.17 bits per heavy atom. The Morgan fingerprint density at radius 2 is 1.83 bits per heavy atom. The van der Waals surface area contributed by atoms with Gasteiger partial charge in [0.2, 0.25) is 0 Å². The summed E-state index contributed by atoms with van der Waals surface area (Å²) in [5, 5.41) is 22.5. The quantitative estimate of drug-likeness (QED) is 0.649. The third-order valence-electron chi connectivity index (χ3n) is 3.10. The summed E-state index contributed by atoms with van der Waals surface area (Å²) >= 11 is 6.00. The molecular weight excluding hydrogens is 318 g/mol. The largest absolute Gasteiger partial charge is 0.350 e.